The van der Waals surface area contributed by atoms with Crippen molar-refractivity contribution in [3.63, 3.8) is 0 Å². The van der Waals surface area contributed by atoms with E-state index in [9.17, 15) is 8.42 Å². The van der Waals surface area contributed by atoms with E-state index in [4.69, 9.17) is 0 Å². The maximum Gasteiger partial charge on any atom is 0.211 e. The summed E-state index contributed by atoms with van der Waals surface area (Å²) in [7, 11) is -3.14. The molecule has 6 heteroatoms. The third kappa shape index (κ3) is 6.49. The molecule has 104 valence electrons. The fraction of sp³-hybridized carbons (Fsp3) is 0.667. The van der Waals surface area contributed by atoms with Gasteiger partial charge in [-0.2, -0.15) is 0 Å². The smallest absolute Gasteiger partial charge is 0.211 e. The molecule has 0 aliphatic carbocycles. The fourth-order valence-corrected chi connectivity index (χ4v) is 3.49. The van der Waals surface area contributed by atoms with Crippen LogP contribution < -0.4 is 10.0 Å². The van der Waals surface area contributed by atoms with E-state index in [1.807, 2.05) is 19.1 Å². The molecular weight excluding hydrogens is 268 g/mol. The van der Waals surface area contributed by atoms with Crippen LogP contribution in [-0.2, 0) is 16.6 Å². The second-order valence-electron chi connectivity index (χ2n) is 4.26. The van der Waals surface area contributed by atoms with Gasteiger partial charge in [-0.3, -0.25) is 0 Å². The van der Waals surface area contributed by atoms with Gasteiger partial charge in [-0.05, 0) is 45.0 Å². The second-order valence-corrected chi connectivity index (χ2v) is 7.55. The zero-order chi connectivity index (χ0) is 13.4. The molecule has 2 N–H and O–H groups in total. The number of hydrogen-bond acceptors (Lipinski definition) is 4. The largest absolute Gasteiger partial charge is 0.317 e. The first-order valence-corrected chi connectivity index (χ1v) is 8.74. The maximum atomic E-state index is 11.7. The molecule has 0 unspecified atom stereocenters. The average Bonchev–Trinajstić information content (AvgIpc) is 2.73. The van der Waals surface area contributed by atoms with E-state index in [0.717, 1.165) is 24.4 Å². The van der Waals surface area contributed by atoms with Gasteiger partial charge >= 0.3 is 0 Å². The quantitative estimate of drug-likeness (QED) is 0.683. The zero-order valence-electron chi connectivity index (χ0n) is 11.0. The summed E-state index contributed by atoms with van der Waals surface area (Å²) in [6.45, 7) is 6.22. The molecule has 0 amide bonds. The first-order valence-electron chi connectivity index (χ1n) is 6.27. The first kappa shape index (κ1) is 15.6. The van der Waals surface area contributed by atoms with Crippen LogP contribution in [0.2, 0.25) is 0 Å². The third-order valence-electron chi connectivity index (χ3n) is 2.46. The molecule has 0 radical (unpaired) electrons. The minimum absolute atomic E-state index is 0.189. The number of rotatable bonds is 9. The Hall–Kier alpha value is -0.430. The van der Waals surface area contributed by atoms with E-state index in [-0.39, 0.29) is 5.75 Å². The molecule has 0 fully saturated rings. The standard InChI is InChI=1S/C12H22N2O2S2/c1-3-7-13-8-4-9-18(15,16)14-10-12-6-5-11(2)17-12/h5-6,13-14H,3-4,7-10H2,1-2H3. The zero-order valence-corrected chi connectivity index (χ0v) is 12.7. The Kier molecular flexibility index (Phi) is 6.85. The van der Waals surface area contributed by atoms with E-state index < -0.39 is 10.0 Å². The van der Waals surface area contributed by atoms with Gasteiger partial charge in [0.2, 0.25) is 10.0 Å². The van der Waals surface area contributed by atoms with Crippen molar-refractivity contribution >= 4 is 21.4 Å². The molecule has 0 saturated carbocycles. The van der Waals surface area contributed by atoms with Crippen LogP contribution in [0, 0.1) is 6.92 Å². The highest BCUT2D eigenvalue weighted by Gasteiger charge is 2.09. The summed E-state index contributed by atoms with van der Waals surface area (Å²) in [5.41, 5.74) is 0. The summed E-state index contributed by atoms with van der Waals surface area (Å²) >= 11 is 1.62. The molecule has 0 aliphatic heterocycles. The minimum atomic E-state index is -3.14. The Balaban J connectivity index is 2.23. The lowest BCUT2D eigenvalue weighted by Gasteiger charge is -2.06. The fourth-order valence-electron chi connectivity index (χ4n) is 1.52. The van der Waals surface area contributed by atoms with E-state index >= 15 is 0 Å². The highest BCUT2D eigenvalue weighted by Crippen LogP contribution is 2.14. The van der Waals surface area contributed by atoms with Crippen molar-refractivity contribution in [2.24, 2.45) is 0 Å². The SMILES string of the molecule is CCCNCCCS(=O)(=O)NCc1ccc(C)s1. The lowest BCUT2D eigenvalue weighted by atomic mass is 10.4. The van der Waals surface area contributed by atoms with Crippen LogP contribution >= 0.6 is 11.3 Å². The molecule has 0 aliphatic rings. The van der Waals surface area contributed by atoms with Gasteiger partial charge in [-0.1, -0.05) is 6.92 Å². The monoisotopic (exact) mass is 290 g/mol. The molecule has 0 aromatic carbocycles. The van der Waals surface area contributed by atoms with Gasteiger partial charge in [-0.25, -0.2) is 13.1 Å². The molecule has 0 saturated heterocycles. The Morgan fingerprint density at radius 2 is 2.06 bits per heavy atom. The predicted octanol–water partition coefficient (Wildman–Crippen LogP) is 1.87. The highest BCUT2D eigenvalue weighted by atomic mass is 32.2. The number of sulfonamides is 1. The maximum absolute atomic E-state index is 11.7. The van der Waals surface area contributed by atoms with Crippen molar-refractivity contribution in [2.45, 2.75) is 33.2 Å². The van der Waals surface area contributed by atoms with Crippen LogP contribution in [0.25, 0.3) is 0 Å². The van der Waals surface area contributed by atoms with Crippen molar-refractivity contribution in [3.05, 3.63) is 21.9 Å². The Labute approximate surface area is 114 Å². The van der Waals surface area contributed by atoms with Gasteiger partial charge in [0.05, 0.1) is 5.75 Å². The van der Waals surface area contributed by atoms with Gasteiger partial charge in [0.15, 0.2) is 0 Å². The van der Waals surface area contributed by atoms with Crippen LogP contribution in [0.3, 0.4) is 0 Å². The van der Waals surface area contributed by atoms with Crippen molar-refractivity contribution in [1.29, 1.82) is 0 Å². The Morgan fingerprint density at radius 1 is 1.28 bits per heavy atom. The topological polar surface area (TPSA) is 58.2 Å². The molecule has 1 aromatic rings. The van der Waals surface area contributed by atoms with Crippen LogP contribution in [0.1, 0.15) is 29.5 Å². The Morgan fingerprint density at radius 3 is 2.67 bits per heavy atom. The van der Waals surface area contributed by atoms with Gasteiger partial charge in [0.1, 0.15) is 0 Å². The Bertz CT molecular complexity index is 441. The molecule has 1 aromatic heterocycles. The molecule has 0 atom stereocenters. The lowest BCUT2D eigenvalue weighted by Crippen LogP contribution is -2.27. The van der Waals surface area contributed by atoms with E-state index in [2.05, 4.69) is 17.0 Å². The van der Waals surface area contributed by atoms with Crippen LogP contribution in [0.15, 0.2) is 12.1 Å². The predicted molar refractivity (Wildman–Crippen MR) is 77.5 cm³/mol. The molecule has 1 rings (SSSR count). The molecule has 18 heavy (non-hydrogen) atoms. The van der Waals surface area contributed by atoms with Gasteiger partial charge in [-0.15, -0.1) is 11.3 Å². The van der Waals surface area contributed by atoms with Gasteiger partial charge in [0.25, 0.3) is 0 Å². The number of aryl methyl sites for hydroxylation is 1. The second kappa shape index (κ2) is 7.89. The normalized spacial score (nSPS) is 11.9. The average molecular weight is 290 g/mol. The van der Waals surface area contributed by atoms with E-state index in [1.165, 1.54) is 4.88 Å². The van der Waals surface area contributed by atoms with Crippen molar-refractivity contribution in [1.82, 2.24) is 10.0 Å². The van der Waals surface area contributed by atoms with Crippen molar-refractivity contribution < 1.29 is 8.42 Å². The molecule has 0 spiro atoms. The minimum Gasteiger partial charge on any atom is -0.317 e. The number of nitrogens with one attached hydrogen (secondary N) is 2. The van der Waals surface area contributed by atoms with E-state index in [0.29, 0.717) is 13.0 Å². The highest BCUT2D eigenvalue weighted by molar-refractivity contribution is 7.89. The van der Waals surface area contributed by atoms with Crippen LogP contribution in [0.4, 0.5) is 0 Å². The molecule has 1 heterocycles. The summed E-state index contributed by atoms with van der Waals surface area (Å²) in [6, 6.07) is 3.97. The van der Waals surface area contributed by atoms with E-state index in [1.54, 1.807) is 11.3 Å². The lowest BCUT2D eigenvalue weighted by molar-refractivity contribution is 0.575. The van der Waals surface area contributed by atoms with Gasteiger partial charge < -0.3 is 5.32 Å². The summed E-state index contributed by atoms with van der Waals surface area (Å²) < 4.78 is 26.1. The summed E-state index contributed by atoms with van der Waals surface area (Å²) in [5.74, 6) is 0.189. The first-order chi connectivity index (χ1) is 8.53. The van der Waals surface area contributed by atoms with Crippen LogP contribution in [-0.4, -0.2) is 27.3 Å². The number of thiophene rings is 1. The van der Waals surface area contributed by atoms with Crippen molar-refractivity contribution in [3.8, 4) is 0 Å². The van der Waals surface area contributed by atoms with Crippen LogP contribution in [0.5, 0.6) is 0 Å². The molecule has 0 bridgehead atoms. The summed E-state index contributed by atoms with van der Waals surface area (Å²) in [5, 5.41) is 3.19. The molecular formula is C12H22N2O2S2. The van der Waals surface area contributed by atoms with Gasteiger partial charge in [0, 0.05) is 16.3 Å². The number of hydrogen-bond donors (Lipinski definition) is 2. The molecule has 4 nitrogen and oxygen atoms in total. The van der Waals surface area contributed by atoms with Crippen molar-refractivity contribution in [2.75, 3.05) is 18.8 Å². The summed E-state index contributed by atoms with van der Waals surface area (Å²) in [4.78, 5) is 2.26. The third-order valence-corrected chi connectivity index (χ3v) is 4.87. The summed E-state index contributed by atoms with van der Waals surface area (Å²) in [6.07, 6.45) is 1.72.